The lowest BCUT2D eigenvalue weighted by atomic mass is 10.0. The molecule has 1 aliphatic rings. The van der Waals surface area contributed by atoms with E-state index in [0.717, 1.165) is 13.1 Å². The van der Waals surface area contributed by atoms with E-state index in [1.54, 1.807) is 0 Å². The zero-order valence-corrected chi connectivity index (χ0v) is 11.3. The predicted octanol–water partition coefficient (Wildman–Crippen LogP) is 1.70. The molecule has 0 aromatic heterocycles. The Bertz CT molecular complexity index is 238. The van der Waals surface area contributed by atoms with Crippen LogP contribution in [0.5, 0.6) is 0 Å². The van der Waals surface area contributed by atoms with Gasteiger partial charge in [-0.1, -0.05) is 13.3 Å². The molecule has 1 rings (SSSR count). The van der Waals surface area contributed by atoms with Gasteiger partial charge in [0.05, 0.1) is 0 Å². The molecule has 17 heavy (non-hydrogen) atoms. The fourth-order valence-electron chi connectivity index (χ4n) is 2.58. The van der Waals surface area contributed by atoms with Crippen LogP contribution in [0.3, 0.4) is 0 Å². The molecule has 0 aromatic carbocycles. The van der Waals surface area contributed by atoms with Gasteiger partial charge in [0, 0.05) is 18.6 Å². The first-order valence-electron chi connectivity index (χ1n) is 6.78. The number of aliphatic carboxylic acids is 1. The SMILES string of the molecule is CCC(C(=O)O)N(CC1CCCCN1)C(C)C. The summed E-state index contributed by atoms with van der Waals surface area (Å²) in [7, 11) is 0. The Balaban J connectivity index is 2.60. The molecule has 0 radical (unpaired) electrons. The number of nitrogens with one attached hydrogen (secondary N) is 1. The first-order chi connectivity index (χ1) is 8.06. The first-order valence-corrected chi connectivity index (χ1v) is 6.78. The van der Waals surface area contributed by atoms with Crippen molar-refractivity contribution >= 4 is 5.97 Å². The van der Waals surface area contributed by atoms with Crippen molar-refractivity contribution in [3.8, 4) is 0 Å². The number of carboxylic acid groups (broad SMARTS) is 1. The van der Waals surface area contributed by atoms with Crippen LogP contribution in [0, 0.1) is 0 Å². The highest BCUT2D eigenvalue weighted by Crippen LogP contribution is 2.14. The molecule has 4 heteroatoms. The molecule has 0 spiro atoms. The van der Waals surface area contributed by atoms with Gasteiger partial charge in [0.25, 0.3) is 0 Å². The highest BCUT2D eigenvalue weighted by atomic mass is 16.4. The fraction of sp³-hybridized carbons (Fsp3) is 0.923. The summed E-state index contributed by atoms with van der Waals surface area (Å²) in [5.74, 6) is -0.697. The molecular formula is C13H26N2O2. The van der Waals surface area contributed by atoms with E-state index < -0.39 is 5.97 Å². The third kappa shape index (κ3) is 4.28. The van der Waals surface area contributed by atoms with E-state index >= 15 is 0 Å². The lowest BCUT2D eigenvalue weighted by molar-refractivity contribution is -0.144. The van der Waals surface area contributed by atoms with Gasteiger partial charge in [-0.3, -0.25) is 9.69 Å². The third-order valence-electron chi connectivity index (χ3n) is 3.58. The van der Waals surface area contributed by atoms with E-state index in [0.29, 0.717) is 12.5 Å². The summed E-state index contributed by atoms with van der Waals surface area (Å²) < 4.78 is 0. The molecule has 0 amide bonds. The zero-order valence-electron chi connectivity index (χ0n) is 11.3. The average molecular weight is 242 g/mol. The van der Waals surface area contributed by atoms with Gasteiger partial charge in [-0.15, -0.1) is 0 Å². The van der Waals surface area contributed by atoms with E-state index in [9.17, 15) is 9.90 Å². The number of nitrogens with zero attached hydrogens (tertiary/aromatic N) is 1. The summed E-state index contributed by atoms with van der Waals surface area (Å²) >= 11 is 0. The van der Waals surface area contributed by atoms with Gasteiger partial charge in [0.2, 0.25) is 0 Å². The second-order valence-electron chi connectivity index (χ2n) is 5.20. The number of rotatable bonds is 6. The smallest absolute Gasteiger partial charge is 0.320 e. The normalized spacial score (nSPS) is 23.0. The topological polar surface area (TPSA) is 52.6 Å². The summed E-state index contributed by atoms with van der Waals surface area (Å²) in [5.41, 5.74) is 0. The highest BCUT2D eigenvalue weighted by molar-refractivity contribution is 5.73. The lowest BCUT2D eigenvalue weighted by Gasteiger charge is -2.36. The largest absolute Gasteiger partial charge is 0.480 e. The van der Waals surface area contributed by atoms with Gasteiger partial charge in [0.15, 0.2) is 0 Å². The van der Waals surface area contributed by atoms with Crippen molar-refractivity contribution in [1.82, 2.24) is 10.2 Å². The fourth-order valence-corrected chi connectivity index (χ4v) is 2.58. The number of hydrogen-bond acceptors (Lipinski definition) is 3. The molecule has 1 saturated heterocycles. The first kappa shape index (κ1) is 14.5. The second kappa shape index (κ2) is 6.97. The van der Waals surface area contributed by atoms with Gasteiger partial charge in [-0.25, -0.2) is 0 Å². The third-order valence-corrected chi connectivity index (χ3v) is 3.58. The van der Waals surface area contributed by atoms with Crippen LogP contribution in [0.4, 0.5) is 0 Å². The Hall–Kier alpha value is -0.610. The van der Waals surface area contributed by atoms with Gasteiger partial charge in [-0.2, -0.15) is 0 Å². The maximum Gasteiger partial charge on any atom is 0.320 e. The van der Waals surface area contributed by atoms with Crippen LogP contribution in [0.2, 0.25) is 0 Å². The summed E-state index contributed by atoms with van der Waals surface area (Å²) in [6, 6.07) is 0.387. The minimum absolute atomic E-state index is 0.278. The average Bonchev–Trinajstić information content (AvgIpc) is 2.29. The van der Waals surface area contributed by atoms with Gasteiger partial charge in [-0.05, 0) is 39.7 Å². The van der Waals surface area contributed by atoms with Crippen molar-refractivity contribution in [3.05, 3.63) is 0 Å². The van der Waals surface area contributed by atoms with Crippen LogP contribution >= 0.6 is 0 Å². The van der Waals surface area contributed by atoms with E-state index in [2.05, 4.69) is 24.1 Å². The molecular weight excluding hydrogens is 216 g/mol. The molecule has 1 fully saturated rings. The van der Waals surface area contributed by atoms with Gasteiger partial charge in [0.1, 0.15) is 6.04 Å². The van der Waals surface area contributed by atoms with Crippen LogP contribution in [0.25, 0.3) is 0 Å². The van der Waals surface area contributed by atoms with Crippen LogP contribution in [-0.4, -0.2) is 47.2 Å². The summed E-state index contributed by atoms with van der Waals surface area (Å²) in [6.07, 6.45) is 4.33. The van der Waals surface area contributed by atoms with Crippen molar-refractivity contribution in [2.45, 2.75) is 64.6 Å². The van der Waals surface area contributed by atoms with E-state index in [1.807, 2.05) is 6.92 Å². The number of carboxylic acids is 1. The monoisotopic (exact) mass is 242 g/mol. The zero-order chi connectivity index (χ0) is 12.8. The molecule has 100 valence electrons. The van der Waals surface area contributed by atoms with Crippen molar-refractivity contribution in [2.24, 2.45) is 0 Å². The molecule has 1 heterocycles. The van der Waals surface area contributed by atoms with Crippen LogP contribution < -0.4 is 5.32 Å². The molecule has 2 N–H and O–H groups in total. The molecule has 2 atom stereocenters. The Labute approximate surface area is 104 Å². The minimum Gasteiger partial charge on any atom is -0.480 e. The maximum atomic E-state index is 11.3. The Morgan fingerprint density at radius 2 is 2.18 bits per heavy atom. The lowest BCUT2D eigenvalue weighted by Crippen LogP contribution is -2.52. The van der Waals surface area contributed by atoms with Crippen molar-refractivity contribution in [1.29, 1.82) is 0 Å². The van der Waals surface area contributed by atoms with E-state index in [4.69, 9.17) is 0 Å². The quantitative estimate of drug-likeness (QED) is 0.744. The van der Waals surface area contributed by atoms with Crippen molar-refractivity contribution in [2.75, 3.05) is 13.1 Å². The standard InChI is InChI=1S/C13H26N2O2/c1-4-12(13(16)17)15(10(2)3)9-11-7-5-6-8-14-11/h10-12,14H,4-9H2,1-3H3,(H,16,17). The summed E-state index contributed by atoms with van der Waals surface area (Å²) in [4.78, 5) is 13.4. The summed E-state index contributed by atoms with van der Waals surface area (Å²) in [5, 5.41) is 12.7. The molecule has 0 bridgehead atoms. The van der Waals surface area contributed by atoms with Crippen molar-refractivity contribution < 1.29 is 9.90 Å². The number of carbonyl (C=O) groups is 1. The van der Waals surface area contributed by atoms with Crippen molar-refractivity contribution in [3.63, 3.8) is 0 Å². The van der Waals surface area contributed by atoms with Crippen LogP contribution in [-0.2, 0) is 4.79 Å². The minimum atomic E-state index is -0.697. The molecule has 0 aromatic rings. The number of piperidine rings is 1. The van der Waals surface area contributed by atoms with Crippen LogP contribution in [0.15, 0.2) is 0 Å². The summed E-state index contributed by atoms with van der Waals surface area (Å²) in [6.45, 7) is 8.02. The Morgan fingerprint density at radius 1 is 1.47 bits per heavy atom. The molecule has 4 nitrogen and oxygen atoms in total. The second-order valence-corrected chi connectivity index (χ2v) is 5.20. The Kier molecular flexibility index (Phi) is 5.92. The molecule has 0 saturated carbocycles. The van der Waals surface area contributed by atoms with Crippen LogP contribution in [0.1, 0.15) is 46.5 Å². The molecule has 1 aliphatic heterocycles. The van der Waals surface area contributed by atoms with E-state index in [1.165, 1.54) is 19.3 Å². The van der Waals surface area contributed by atoms with Gasteiger partial charge < -0.3 is 10.4 Å². The predicted molar refractivity (Wildman–Crippen MR) is 69.2 cm³/mol. The van der Waals surface area contributed by atoms with Gasteiger partial charge >= 0.3 is 5.97 Å². The Morgan fingerprint density at radius 3 is 2.59 bits per heavy atom. The molecule has 2 unspecified atom stereocenters. The van der Waals surface area contributed by atoms with E-state index in [-0.39, 0.29) is 12.1 Å². The molecule has 0 aliphatic carbocycles. The highest BCUT2D eigenvalue weighted by Gasteiger charge is 2.28. The maximum absolute atomic E-state index is 11.3. The number of hydrogen-bond donors (Lipinski definition) is 2.